The molecular formula is C13H18N4O. The summed E-state index contributed by atoms with van der Waals surface area (Å²) in [5.41, 5.74) is 9.03. The highest BCUT2D eigenvalue weighted by molar-refractivity contribution is 5.95. The Morgan fingerprint density at radius 3 is 2.72 bits per heavy atom. The minimum atomic E-state index is 0.624. The number of nitrogens with zero attached hydrogens (tertiary/aromatic N) is 3. The lowest BCUT2D eigenvalue weighted by Crippen LogP contribution is -2.33. The lowest BCUT2D eigenvalue weighted by atomic mass is 9.94. The van der Waals surface area contributed by atoms with Crippen LogP contribution in [0.15, 0.2) is 16.8 Å². The van der Waals surface area contributed by atoms with Gasteiger partial charge in [-0.25, -0.2) is 4.63 Å². The van der Waals surface area contributed by atoms with Crippen molar-refractivity contribution >= 4 is 22.4 Å². The number of anilines is 2. The molecular weight excluding hydrogens is 228 g/mol. The molecule has 2 aromatic rings. The van der Waals surface area contributed by atoms with Crippen molar-refractivity contribution in [2.45, 2.75) is 26.2 Å². The summed E-state index contributed by atoms with van der Waals surface area (Å²) in [4.78, 5) is 2.36. The van der Waals surface area contributed by atoms with Gasteiger partial charge in [-0.15, -0.1) is 0 Å². The van der Waals surface area contributed by atoms with Gasteiger partial charge in [0.25, 0.3) is 0 Å². The van der Waals surface area contributed by atoms with Gasteiger partial charge in [0.2, 0.25) is 0 Å². The Labute approximate surface area is 106 Å². The van der Waals surface area contributed by atoms with Crippen LogP contribution in [0.25, 0.3) is 11.0 Å². The molecule has 0 aliphatic carbocycles. The fourth-order valence-electron chi connectivity index (χ4n) is 2.71. The smallest absolute Gasteiger partial charge is 0.160 e. The zero-order valence-electron chi connectivity index (χ0n) is 10.6. The van der Waals surface area contributed by atoms with Crippen molar-refractivity contribution in [2.24, 2.45) is 5.92 Å². The van der Waals surface area contributed by atoms with Gasteiger partial charge >= 0.3 is 0 Å². The minimum absolute atomic E-state index is 0.624. The number of hydrogen-bond donors (Lipinski definition) is 1. The van der Waals surface area contributed by atoms with E-state index in [0.29, 0.717) is 11.2 Å². The first-order chi connectivity index (χ1) is 8.79. The van der Waals surface area contributed by atoms with Gasteiger partial charge in [-0.2, -0.15) is 0 Å². The van der Waals surface area contributed by atoms with Gasteiger partial charge in [-0.1, -0.05) is 13.3 Å². The molecule has 1 fully saturated rings. The van der Waals surface area contributed by atoms with Crippen LogP contribution in [-0.4, -0.2) is 23.4 Å². The van der Waals surface area contributed by atoms with Crippen molar-refractivity contribution in [3.63, 3.8) is 0 Å². The lowest BCUT2D eigenvalue weighted by molar-refractivity contribution is 0.315. The third-order valence-electron chi connectivity index (χ3n) is 3.96. The molecule has 2 N–H and O–H groups in total. The molecule has 1 saturated heterocycles. The van der Waals surface area contributed by atoms with Crippen molar-refractivity contribution < 1.29 is 4.63 Å². The van der Waals surface area contributed by atoms with Crippen LogP contribution in [0.5, 0.6) is 0 Å². The Bertz CT molecular complexity index is 543. The van der Waals surface area contributed by atoms with Crippen molar-refractivity contribution in [3.05, 3.63) is 12.1 Å². The largest absolute Gasteiger partial charge is 0.397 e. The molecule has 0 spiro atoms. The summed E-state index contributed by atoms with van der Waals surface area (Å²) in [6.45, 7) is 4.41. The van der Waals surface area contributed by atoms with Gasteiger partial charge in [0, 0.05) is 13.1 Å². The van der Waals surface area contributed by atoms with E-state index in [2.05, 4.69) is 22.1 Å². The Balaban J connectivity index is 1.91. The van der Waals surface area contributed by atoms with Crippen molar-refractivity contribution in [2.75, 3.05) is 23.7 Å². The fraction of sp³-hybridized carbons (Fsp3) is 0.538. The van der Waals surface area contributed by atoms with Gasteiger partial charge in [0.1, 0.15) is 0 Å². The van der Waals surface area contributed by atoms with E-state index in [1.54, 1.807) is 0 Å². The Morgan fingerprint density at radius 1 is 1.28 bits per heavy atom. The van der Waals surface area contributed by atoms with Crippen molar-refractivity contribution in [1.29, 1.82) is 0 Å². The van der Waals surface area contributed by atoms with Gasteiger partial charge in [-0.05, 0) is 41.2 Å². The topological polar surface area (TPSA) is 68.2 Å². The minimum Gasteiger partial charge on any atom is -0.397 e. The molecule has 18 heavy (non-hydrogen) atoms. The predicted molar refractivity (Wildman–Crippen MR) is 71.4 cm³/mol. The van der Waals surface area contributed by atoms with Crippen LogP contribution in [-0.2, 0) is 0 Å². The number of benzene rings is 1. The monoisotopic (exact) mass is 246 g/mol. The Kier molecular flexibility index (Phi) is 2.81. The van der Waals surface area contributed by atoms with E-state index in [1.165, 1.54) is 19.3 Å². The summed E-state index contributed by atoms with van der Waals surface area (Å²) in [6.07, 6.45) is 3.76. The molecule has 0 unspecified atom stereocenters. The van der Waals surface area contributed by atoms with Crippen LogP contribution < -0.4 is 10.6 Å². The number of hydrogen-bond acceptors (Lipinski definition) is 5. The number of piperidine rings is 1. The molecule has 5 nitrogen and oxygen atoms in total. The average molecular weight is 246 g/mol. The molecule has 0 bridgehead atoms. The van der Waals surface area contributed by atoms with Crippen LogP contribution in [0.3, 0.4) is 0 Å². The molecule has 1 aliphatic rings. The zero-order valence-corrected chi connectivity index (χ0v) is 10.6. The van der Waals surface area contributed by atoms with E-state index in [1.807, 2.05) is 12.1 Å². The summed E-state index contributed by atoms with van der Waals surface area (Å²) in [7, 11) is 0. The summed E-state index contributed by atoms with van der Waals surface area (Å²) in [6, 6.07) is 3.90. The van der Waals surface area contributed by atoms with E-state index >= 15 is 0 Å². The van der Waals surface area contributed by atoms with Crippen LogP contribution in [0.1, 0.15) is 26.2 Å². The van der Waals surface area contributed by atoms with E-state index < -0.39 is 0 Å². The SMILES string of the molecule is CCC1CCN(c2ccc(N)c3nonc23)CC1. The van der Waals surface area contributed by atoms with Crippen molar-refractivity contribution in [3.8, 4) is 0 Å². The summed E-state index contributed by atoms with van der Waals surface area (Å²) in [5, 5.41) is 7.85. The molecule has 96 valence electrons. The maximum absolute atomic E-state index is 5.86. The first-order valence-corrected chi connectivity index (χ1v) is 6.55. The van der Waals surface area contributed by atoms with Crippen molar-refractivity contribution in [1.82, 2.24) is 10.3 Å². The number of rotatable bonds is 2. The lowest BCUT2D eigenvalue weighted by Gasteiger charge is -2.33. The van der Waals surface area contributed by atoms with E-state index in [9.17, 15) is 0 Å². The molecule has 1 aromatic heterocycles. The standard InChI is InChI=1S/C13H18N4O/c1-2-9-5-7-17(8-6-9)11-4-3-10(14)12-13(11)16-18-15-12/h3-4,9H,2,5-8,14H2,1H3. The second-order valence-corrected chi connectivity index (χ2v) is 4.97. The maximum atomic E-state index is 5.86. The van der Waals surface area contributed by atoms with E-state index in [0.717, 1.165) is 30.2 Å². The quantitative estimate of drug-likeness (QED) is 0.824. The van der Waals surface area contributed by atoms with Gasteiger partial charge in [0.05, 0.1) is 11.4 Å². The summed E-state index contributed by atoms with van der Waals surface area (Å²) in [5.74, 6) is 0.862. The molecule has 0 amide bonds. The molecule has 0 radical (unpaired) electrons. The molecule has 0 atom stereocenters. The van der Waals surface area contributed by atoms with Crippen LogP contribution in [0.2, 0.25) is 0 Å². The fourth-order valence-corrected chi connectivity index (χ4v) is 2.71. The highest BCUT2D eigenvalue weighted by atomic mass is 16.6. The van der Waals surface area contributed by atoms with E-state index in [4.69, 9.17) is 10.4 Å². The molecule has 1 aromatic carbocycles. The first kappa shape index (κ1) is 11.3. The van der Waals surface area contributed by atoms with Crippen LogP contribution >= 0.6 is 0 Å². The molecule has 3 rings (SSSR count). The van der Waals surface area contributed by atoms with E-state index in [-0.39, 0.29) is 0 Å². The Morgan fingerprint density at radius 2 is 2.00 bits per heavy atom. The van der Waals surface area contributed by atoms with Crippen LogP contribution in [0.4, 0.5) is 11.4 Å². The number of fused-ring (bicyclic) bond motifs is 1. The molecule has 1 aliphatic heterocycles. The van der Waals surface area contributed by atoms with Gasteiger partial charge in [0.15, 0.2) is 11.0 Å². The van der Waals surface area contributed by atoms with Crippen LogP contribution in [0, 0.1) is 5.92 Å². The molecule has 5 heteroatoms. The number of nitrogens with two attached hydrogens (primary N) is 1. The predicted octanol–water partition coefficient (Wildman–Crippen LogP) is 2.43. The van der Waals surface area contributed by atoms with Gasteiger partial charge < -0.3 is 10.6 Å². The third kappa shape index (κ3) is 1.79. The second kappa shape index (κ2) is 4.48. The Hall–Kier alpha value is -1.78. The number of aromatic nitrogens is 2. The number of nitrogen functional groups attached to an aromatic ring is 1. The summed E-state index contributed by atoms with van der Waals surface area (Å²) < 4.78 is 4.81. The normalized spacial score (nSPS) is 17.5. The second-order valence-electron chi connectivity index (χ2n) is 4.97. The maximum Gasteiger partial charge on any atom is 0.160 e. The highest BCUT2D eigenvalue weighted by Crippen LogP contribution is 2.31. The summed E-state index contributed by atoms with van der Waals surface area (Å²) >= 11 is 0. The molecule has 2 heterocycles. The third-order valence-corrected chi connectivity index (χ3v) is 3.96. The van der Waals surface area contributed by atoms with Gasteiger partial charge in [-0.3, -0.25) is 0 Å². The zero-order chi connectivity index (χ0) is 12.5. The average Bonchev–Trinajstić information content (AvgIpc) is 2.90. The molecule has 0 saturated carbocycles. The first-order valence-electron chi connectivity index (χ1n) is 6.55. The highest BCUT2D eigenvalue weighted by Gasteiger charge is 2.21.